The molecule has 1 aliphatic carbocycles. The van der Waals surface area contributed by atoms with E-state index in [9.17, 15) is 4.79 Å². The molecule has 0 aliphatic heterocycles. The van der Waals surface area contributed by atoms with Gasteiger partial charge in [-0.2, -0.15) is 0 Å². The summed E-state index contributed by atoms with van der Waals surface area (Å²) in [6, 6.07) is 14.6. The molecule has 2 aromatic carbocycles. The first-order valence-corrected chi connectivity index (χ1v) is 7.18. The largest absolute Gasteiger partial charge is 0.493 e. The minimum absolute atomic E-state index is 0.00507. The van der Waals surface area contributed by atoms with Crippen molar-refractivity contribution in [3.05, 3.63) is 59.7 Å². The lowest BCUT2D eigenvalue weighted by Crippen LogP contribution is -2.05. The number of hydrogen-bond donors (Lipinski definition) is 0. The summed E-state index contributed by atoms with van der Waals surface area (Å²) in [6.45, 7) is 0.694. The highest BCUT2D eigenvalue weighted by molar-refractivity contribution is 6.09. The van der Waals surface area contributed by atoms with Crippen molar-refractivity contribution in [2.45, 2.75) is 12.8 Å². The van der Waals surface area contributed by atoms with Crippen molar-refractivity contribution in [2.75, 3.05) is 13.7 Å². The number of methoxy groups -OCH3 is 1. The smallest absolute Gasteiger partial charge is 0.193 e. The molecule has 0 bridgehead atoms. The van der Waals surface area contributed by atoms with Gasteiger partial charge in [0.1, 0.15) is 0 Å². The SMILES string of the molecule is COc1ccc(C(=O)c2ccccc2)cc1OCC1CC1. The summed E-state index contributed by atoms with van der Waals surface area (Å²) in [7, 11) is 1.61. The molecular formula is C18H18O3. The molecule has 2 aromatic rings. The summed E-state index contributed by atoms with van der Waals surface area (Å²) in [6.07, 6.45) is 2.45. The molecule has 0 radical (unpaired) electrons. The first-order chi connectivity index (χ1) is 10.3. The molecule has 0 heterocycles. The van der Waals surface area contributed by atoms with Crippen molar-refractivity contribution in [2.24, 2.45) is 5.92 Å². The summed E-state index contributed by atoms with van der Waals surface area (Å²) in [5.41, 5.74) is 1.30. The molecule has 0 saturated heterocycles. The first-order valence-electron chi connectivity index (χ1n) is 7.18. The number of carbonyl (C=O) groups excluding carboxylic acids is 1. The van der Waals surface area contributed by atoms with Gasteiger partial charge in [0.05, 0.1) is 13.7 Å². The van der Waals surface area contributed by atoms with Crippen LogP contribution in [0.5, 0.6) is 11.5 Å². The van der Waals surface area contributed by atoms with Gasteiger partial charge in [0, 0.05) is 11.1 Å². The van der Waals surface area contributed by atoms with Crippen LogP contribution in [-0.2, 0) is 0 Å². The van der Waals surface area contributed by atoms with Crippen molar-refractivity contribution in [1.29, 1.82) is 0 Å². The summed E-state index contributed by atoms with van der Waals surface area (Å²) < 4.78 is 11.1. The third-order valence-corrected chi connectivity index (χ3v) is 3.63. The fourth-order valence-electron chi connectivity index (χ4n) is 2.18. The fraction of sp³-hybridized carbons (Fsp3) is 0.278. The second kappa shape index (κ2) is 6.00. The van der Waals surface area contributed by atoms with Gasteiger partial charge in [0.2, 0.25) is 0 Å². The maximum Gasteiger partial charge on any atom is 0.193 e. The summed E-state index contributed by atoms with van der Waals surface area (Å²) in [5, 5.41) is 0. The summed E-state index contributed by atoms with van der Waals surface area (Å²) >= 11 is 0. The Balaban J connectivity index is 1.84. The summed E-state index contributed by atoms with van der Waals surface area (Å²) in [4.78, 5) is 12.5. The molecule has 1 fully saturated rings. The van der Waals surface area contributed by atoms with E-state index in [1.54, 1.807) is 25.3 Å². The molecule has 3 heteroatoms. The van der Waals surface area contributed by atoms with E-state index in [2.05, 4.69) is 0 Å². The molecule has 0 atom stereocenters. The van der Waals surface area contributed by atoms with Gasteiger partial charge in [-0.05, 0) is 37.0 Å². The van der Waals surface area contributed by atoms with E-state index in [4.69, 9.17) is 9.47 Å². The number of rotatable bonds is 6. The van der Waals surface area contributed by atoms with Crippen molar-refractivity contribution < 1.29 is 14.3 Å². The molecule has 0 unspecified atom stereocenters. The Morgan fingerprint density at radius 3 is 2.48 bits per heavy atom. The average molecular weight is 282 g/mol. The Bertz CT molecular complexity index is 630. The monoisotopic (exact) mass is 282 g/mol. The lowest BCUT2D eigenvalue weighted by Gasteiger charge is -2.11. The number of hydrogen-bond acceptors (Lipinski definition) is 3. The number of benzene rings is 2. The van der Waals surface area contributed by atoms with Gasteiger partial charge in [-0.1, -0.05) is 30.3 Å². The van der Waals surface area contributed by atoms with Crippen molar-refractivity contribution in [1.82, 2.24) is 0 Å². The minimum Gasteiger partial charge on any atom is -0.493 e. The van der Waals surface area contributed by atoms with Crippen LogP contribution in [0, 0.1) is 5.92 Å². The highest BCUT2D eigenvalue weighted by atomic mass is 16.5. The van der Waals surface area contributed by atoms with Crippen LogP contribution in [0.3, 0.4) is 0 Å². The van der Waals surface area contributed by atoms with E-state index in [0.29, 0.717) is 35.2 Å². The van der Waals surface area contributed by atoms with E-state index < -0.39 is 0 Å². The Morgan fingerprint density at radius 2 is 1.81 bits per heavy atom. The second-order valence-corrected chi connectivity index (χ2v) is 5.32. The molecule has 21 heavy (non-hydrogen) atoms. The topological polar surface area (TPSA) is 35.5 Å². The van der Waals surface area contributed by atoms with E-state index in [1.807, 2.05) is 30.3 Å². The predicted octanol–water partition coefficient (Wildman–Crippen LogP) is 3.72. The van der Waals surface area contributed by atoms with Gasteiger partial charge in [-0.3, -0.25) is 4.79 Å². The van der Waals surface area contributed by atoms with E-state index in [-0.39, 0.29) is 5.78 Å². The maximum absolute atomic E-state index is 12.5. The van der Waals surface area contributed by atoms with Crippen molar-refractivity contribution in [3.8, 4) is 11.5 Å². The zero-order chi connectivity index (χ0) is 14.7. The fourth-order valence-corrected chi connectivity index (χ4v) is 2.18. The molecule has 3 rings (SSSR count). The number of ether oxygens (including phenoxy) is 2. The normalized spacial score (nSPS) is 13.8. The van der Waals surface area contributed by atoms with Crippen LogP contribution in [-0.4, -0.2) is 19.5 Å². The molecule has 108 valence electrons. The van der Waals surface area contributed by atoms with E-state index >= 15 is 0 Å². The highest BCUT2D eigenvalue weighted by Gasteiger charge is 2.23. The van der Waals surface area contributed by atoms with E-state index in [0.717, 1.165) is 0 Å². The minimum atomic E-state index is -0.00507. The highest BCUT2D eigenvalue weighted by Crippen LogP contribution is 2.33. The molecule has 3 nitrogen and oxygen atoms in total. The van der Waals surface area contributed by atoms with Gasteiger partial charge >= 0.3 is 0 Å². The van der Waals surface area contributed by atoms with Gasteiger partial charge < -0.3 is 9.47 Å². The number of ketones is 1. The van der Waals surface area contributed by atoms with Gasteiger partial charge in [-0.15, -0.1) is 0 Å². The Morgan fingerprint density at radius 1 is 1.05 bits per heavy atom. The van der Waals surface area contributed by atoms with Gasteiger partial charge in [-0.25, -0.2) is 0 Å². The molecule has 1 aliphatic rings. The quantitative estimate of drug-likeness (QED) is 0.758. The van der Waals surface area contributed by atoms with E-state index in [1.165, 1.54) is 12.8 Å². The van der Waals surface area contributed by atoms with Crippen molar-refractivity contribution >= 4 is 5.78 Å². The van der Waals surface area contributed by atoms with Crippen LogP contribution < -0.4 is 9.47 Å². The van der Waals surface area contributed by atoms with Crippen LogP contribution in [0.4, 0.5) is 0 Å². The third kappa shape index (κ3) is 3.24. The zero-order valence-corrected chi connectivity index (χ0v) is 12.0. The van der Waals surface area contributed by atoms with Crippen LogP contribution >= 0.6 is 0 Å². The first kappa shape index (κ1) is 13.7. The lowest BCUT2D eigenvalue weighted by molar-refractivity contribution is 0.103. The van der Waals surface area contributed by atoms with Gasteiger partial charge in [0.25, 0.3) is 0 Å². The zero-order valence-electron chi connectivity index (χ0n) is 12.0. The predicted molar refractivity (Wildman–Crippen MR) is 81.1 cm³/mol. The average Bonchev–Trinajstić information content (AvgIpc) is 3.37. The standard InChI is InChI=1S/C18H18O3/c1-20-16-10-9-15(11-17(16)21-12-13-7-8-13)18(19)14-5-3-2-4-6-14/h2-6,9-11,13H,7-8,12H2,1H3. The van der Waals surface area contributed by atoms with Crippen LogP contribution in [0.1, 0.15) is 28.8 Å². The molecular weight excluding hydrogens is 264 g/mol. The van der Waals surface area contributed by atoms with Crippen LogP contribution in [0.2, 0.25) is 0 Å². The summed E-state index contributed by atoms with van der Waals surface area (Å²) in [5.74, 6) is 1.96. The molecule has 0 aromatic heterocycles. The number of carbonyl (C=O) groups is 1. The molecule has 1 saturated carbocycles. The van der Waals surface area contributed by atoms with Gasteiger partial charge in [0.15, 0.2) is 17.3 Å². The molecule has 0 spiro atoms. The Hall–Kier alpha value is -2.29. The van der Waals surface area contributed by atoms with Crippen LogP contribution in [0.25, 0.3) is 0 Å². The second-order valence-electron chi connectivity index (χ2n) is 5.32. The molecule has 0 N–H and O–H groups in total. The Kier molecular flexibility index (Phi) is 3.91. The maximum atomic E-state index is 12.5. The molecule has 0 amide bonds. The lowest BCUT2D eigenvalue weighted by atomic mass is 10.0. The third-order valence-electron chi connectivity index (χ3n) is 3.63. The Labute approximate surface area is 124 Å². The van der Waals surface area contributed by atoms with Crippen molar-refractivity contribution in [3.63, 3.8) is 0 Å². The van der Waals surface area contributed by atoms with Crippen LogP contribution in [0.15, 0.2) is 48.5 Å².